The van der Waals surface area contributed by atoms with Crippen LogP contribution in [0.5, 0.6) is 0 Å². The largest absolute Gasteiger partial charge is 0.379 e. The molecule has 0 saturated heterocycles. The fraction of sp³-hybridized carbons (Fsp3) is 0.562. The third-order valence-corrected chi connectivity index (χ3v) is 4.15. The second-order valence-corrected chi connectivity index (χ2v) is 7.82. The zero-order valence-electron chi connectivity index (χ0n) is 14.4. The van der Waals surface area contributed by atoms with Crippen LogP contribution in [-0.2, 0) is 21.1 Å². The highest BCUT2D eigenvalue weighted by Crippen LogP contribution is 2.05. The van der Waals surface area contributed by atoms with Crippen molar-refractivity contribution in [2.24, 2.45) is 4.99 Å². The molecule has 0 amide bonds. The van der Waals surface area contributed by atoms with E-state index in [1.165, 1.54) is 17.4 Å². The van der Waals surface area contributed by atoms with Crippen molar-refractivity contribution in [3.05, 3.63) is 35.4 Å². The molecule has 0 bridgehead atoms. The van der Waals surface area contributed by atoms with E-state index in [1.54, 1.807) is 7.05 Å². The standard InChI is InChI=1S/C16H27N3O3S/c1-14-5-7-15(8-6-14)13-19(3)16(17-2)18-9-10-22-11-12-23(4,20)21/h5-8H,9-13H2,1-4H3,(H,17,18). The molecule has 0 spiro atoms. The molecule has 0 fully saturated rings. The van der Waals surface area contributed by atoms with Crippen LogP contribution in [0.2, 0.25) is 0 Å². The number of ether oxygens (including phenoxy) is 1. The first-order valence-corrected chi connectivity index (χ1v) is 9.60. The molecule has 0 aliphatic carbocycles. The van der Waals surface area contributed by atoms with Crippen molar-refractivity contribution < 1.29 is 13.2 Å². The molecule has 0 saturated carbocycles. The molecule has 7 heteroatoms. The normalized spacial score (nSPS) is 12.3. The summed E-state index contributed by atoms with van der Waals surface area (Å²) in [5, 5.41) is 3.20. The van der Waals surface area contributed by atoms with Crippen LogP contribution in [0.25, 0.3) is 0 Å². The third-order valence-electron chi connectivity index (χ3n) is 3.24. The smallest absolute Gasteiger partial charge is 0.193 e. The van der Waals surface area contributed by atoms with Crippen LogP contribution >= 0.6 is 0 Å². The number of aryl methyl sites for hydroxylation is 1. The van der Waals surface area contributed by atoms with Gasteiger partial charge in [0.15, 0.2) is 5.96 Å². The number of nitrogens with one attached hydrogen (secondary N) is 1. The van der Waals surface area contributed by atoms with Gasteiger partial charge in [0, 0.05) is 33.4 Å². The molecule has 1 aromatic carbocycles. The summed E-state index contributed by atoms with van der Waals surface area (Å²) in [7, 11) is 0.746. The summed E-state index contributed by atoms with van der Waals surface area (Å²) in [5.74, 6) is 0.826. The lowest BCUT2D eigenvalue weighted by Gasteiger charge is -2.22. The van der Waals surface area contributed by atoms with E-state index in [9.17, 15) is 8.42 Å². The van der Waals surface area contributed by atoms with E-state index >= 15 is 0 Å². The number of sulfone groups is 1. The van der Waals surface area contributed by atoms with Crippen molar-refractivity contribution in [2.75, 3.05) is 45.9 Å². The van der Waals surface area contributed by atoms with Gasteiger partial charge in [0.25, 0.3) is 0 Å². The summed E-state index contributed by atoms with van der Waals surface area (Å²) in [6.45, 7) is 4.06. The van der Waals surface area contributed by atoms with Crippen molar-refractivity contribution in [3.63, 3.8) is 0 Å². The van der Waals surface area contributed by atoms with Gasteiger partial charge in [-0.1, -0.05) is 29.8 Å². The summed E-state index contributed by atoms with van der Waals surface area (Å²) in [6, 6.07) is 8.39. The summed E-state index contributed by atoms with van der Waals surface area (Å²) in [6.07, 6.45) is 1.20. The maximum atomic E-state index is 11.0. The highest BCUT2D eigenvalue weighted by atomic mass is 32.2. The lowest BCUT2D eigenvalue weighted by molar-refractivity contribution is 0.153. The lowest BCUT2D eigenvalue weighted by atomic mass is 10.1. The van der Waals surface area contributed by atoms with Crippen molar-refractivity contribution >= 4 is 15.8 Å². The Kier molecular flexibility index (Phi) is 8.05. The maximum absolute atomic E-state index is 11.0. The van der Waals surface area contributed by atoms with E-state index < -0.39 is 9.84 Å². The number of hydrogen-bond donors (Lipinski definition) is 1. The van der Waals surface area contributed by atoms with E-state index in [2.05, 4.69) is 41.5 Å². The van der Waals surface area contributed by atoms with E-state index in [0.29, 0.717) is 13.2 Å². The van der Waals surface area contributed by atoms with Crippen LogP contribution in [0.1, 0.15) is 11.1 Å². The Morgan fingerprint density at radius 2 is 1.91 bits per heavy atom. The van der Waals surface area contributed by atoms with E-state index in [-0.39, 0.29) is 12.4 Å². The fourth-order valence-electron chi connectivity index (χ4n) is 1.97. The average Bonchev–Trinajstić information content (AvgIpc) is 2.47. The molecular weight excluding hydrogens is 314 g/mol. The van der Waals surface area contributed by atoms with Gasteiger partial charge in [0.2, 0.25) is 0 Å². The van der Waals surface area contributed by atoms with Crippen LogP contribution in [0.4, 0.5) is 0 Å². The first kappa shape index (κ1) is 19.4. The Labute approximate surface area is 139 Å². The van der Waals surface area contributed by atoms with Gasteiger partial charge in [0.1, 0.15) is 9.84 Å². The zero-order valence-corrected chi connectivity index (χ0v) is 15.2. The number of benzene rings is 1. The summed E-state index contributed by atoms with van der Waals surface area (Å²) in [4.78, 5) is 6.27. The minimum atomic E-state index is -2.96. The van der Waals surface area contributed by atoms with Crippen LogP contribution in [0.15, 0.2) is 29.3 Å². The Morgan fingerprint density at radius 1 is 1.26 bits per heavy atom. The molecule has 0 atom stereocenters. The molecule has 0 radical (unpaired) electrons. The average molecular weight is 341 g/mol. The second kappa shape index (κ2) is 9.52. The van der Waals surface area contributed by atoms with Crippen molar-refractivity contribution in [3.8, 4) is 0 Å². The van der Waals surface area contributed by atoms with E-state index in [4.69, 9.17) is 4.74 Å². The number of guanidine groups is 1. The van der Waals surface area contributed by atoms with Crippen molar-refractivity contribution in [1.82, 2.24) is 10.2 Å². The van der Waals surface area contributed by atoms with Gasteiger partial charge in [-0.15, -0.1) is 0 Å². The number of hydrogen-bond acceptors (Lipinski definition) is 4. The summed E-state index contributed by atoms with van der Waals surface area (Å²) >= 11 is 0. The Hall–Kier alpha value is -1.60. The molecule has 1 aromatic rings. The number of aliphatic imine (C=N–C) groups is 1. The van der Waals surface area contributed by atoms with Crippen LogP contribution in [-0.4, -0.2) is 65.1 Å². The highest BCUT2D eigenvalue weighted by Gasteiger charge is 2.06. The molecule has 130 valence electrons. The Bertz CT molecular complexity index is 598. The van der Waals surface area contributed by atoms with E-state index in [0.717, 1.165) is 12.5 Å². The topological polar surface area (TPSA) is 71.0 Å². The minimum absolute atomic E-state index is 0.0506. The second-order valence-electron chi connectivity index (χ2n) is 5.56. The number of nitrogens with zero attached hydrogens (tertiary/aromatic N) is 2. The molecule has 0 aromatic heterocycles. The molecule has 0 aliphatic rings. The Balaban J connectivity index is 2.31. The quantitative estimate of drug-likeness (QED) is 0.435. The molecule has 0 unspecified atom stereocenters. The van der Waals surface area contributed by atoms with Gasteiger partial charge in [-0.05, 0) is 12.5 Å². The highest BCUT2D eigenvalue weighted by molar-refractivity contribution is 7.90. The van der Waals surface area contributed by atoms with Gasteiger partial charge in [-0.3, -0.25) is 4.99 Å². The molecule has 23 heavy (non-hydrogen) atoms. The van der Waals surface area contributed by atoms with Gasteiger partial charge in [0.05, 0.1) is 19.0 Å². The molecule has 6 nitrogen and oxygen atoms in total. The SMILES string of the molecule is CN=C(NCCOCCS(C)(=O)=O)N(C)Cc1ccc(C)cc1. The van der Waals surface area contributed by atoms with Crippen LogP contribution < -0.4 is 5.32 Å². The van der Waals surface area contributed by atoms with Gasteiger partial charge in [-0.25, -0.2) is 8.42 Å². The molecular formula is C16H27N3O3S. The van der Waals surface area contributed by atoms with Gasteiger partial charge in [-0.2, -0.15) is 0 Å². The molecule has 1 N–H and O–H groups in total. The first-order valence-electron chi connectivity index (χ1n) is 7.54. The monoisotopic (exact) mass is 341 g/mol. The Morgan fingerprint density at radius 3 is 2.48 bits per heavy atom. The van der Waals surface area contributed by atoms with E-state index in [1.807, 2.05) is 11.9 Å². The van der Waals surface area contributed by atoms with Crippen molar-refractivity contribution in [2.45, 2.75) is 13.5 Å². The lowest BCUT2D eigenvalue weighted by Crippen LogP contribution is -2.40. The molecule has 0 heterocycles. The van der Waals surface area contributed by atoms with Gasteiger partial charge >= 0.3 is 0 Å². The fourth-order valence-corrected chi connectivity index (χ4v) is 2.39. The minimum Gasteiger partial charge on any atom is -0.379 e. The zero-order chi connectivity index (χ0) is 17.3. The molecule has 0 aliphatic heterocycles. The predicted molar refractivity (Wildman–Crippen MR) is 94.5 cm³/mol. The van der Waals surface area contributed by atoms with Crippen LogP contribution in [0, 0.1) is 6.92 Å². The van der Waals surface area contributed by atoms with Crippen LogP contribution in [0.3, 0.4) is 0 Å². The summed E-state index contributed by atoms with van der Waals surface area (Å²) < 4.78 is 27.3. The summed E-state index contributed by atoms with van der Waals surface area (Å²) in [5.41, 5.74) is 2.45. The van der Waals surface area contributed by atoms with Crippen molar-refractivity contribution in [1.29, 1.82) is 0 Å². The first-order chi connectivity index (χ1) is 10.8. The number of rotatable bonds is 8. The maximum Gasteiger partial charge on any atom is 0.193 e. The third kappa shape index (κ3) is 8.56. The predicted octanol–water partition coefficient (Wildman–Crippen LogP) is 1.06. The van der Waals surface area contributed by atoms with Gasteiger partial charge < -0.3 is 15.0 Å². The molecule has 1 rings (SSSR count).